The van der Waals surface area contributed by atoms with Gasteiger partial charge >= 0.3 is 0 Å². The summed E-state index contributed by atoms with van der Waals surface area (Å²) in [5.41, 5.74) is 5.70. The van der Waals surface area contributed by atoms with Crippen LogP contribution in [0.5, 0.6) is 0 Å². The number of benzene rings is 2. The molecule has 6 heteroatoms. The van der Waals surface area contributed by atoms with Crippen LogP contribution < -0.4 is 10.2 Å². The van der Waals surface area contributed by atoms with Gasteiger partial charge in [-0.05, 0) is 87.7 Å². The van der Waals surface area contributed by atoms with Crippen molar-refractivity contribution in [3.63, 3.8) is 0 Å². The number of nitrogens with zero attached hydrogens (tertiary/aromatic N) is 2. The van der Waals surface area contributed by atoms with E-state index in [0.29, 0.717) is 15.7 Å². The molecule has 3 rings (SSSR count). The minimum absolute atomic E-state index is 0.0132. The molecule has 160 valence electrons. The topological polar surface area (TPSA) is 56.1 Å². The zero-order valence-electron chi connectivity index (χ0n) is 18.3. The Kier molecular flexibility index (Phi) is 6.50. The molecule has 1 amide bonds. The van der Waals surface area contributed by atoms with Crippen LogP contribution in [-0.2, 0) is 4.79 Å². The van der Waals surface area contributed by atoms with Gasteiger partial charge in [0.25, 0.3) is 5.91 Å². The standard InChI is InChI=1S/C25H25Cl2N3O/c1-6-30-23-9-15(2)17(11-20(23)16(3)13-25(30,4)5)10-18(14-28)24(31)29-19-7-8-21(26)22(27)12-19/h7-13H,6H2,1-5H3,(H,29,31)/b18-10+. The fraction of sp³-hybridized carbons (Fsp3) is 0.280. The Bertz CT molecular complexity index is 1160. The van der Waals surface area contributed by atoms with E-state index in [1.165, 1.54) is 11.3 Å². The van der Waals surface area contributed by atoms with Crippen LogP contribution in [0.1, 0.15) is 44.4 Å². The molecule has 0 bridgehead atoms. The molecule has 1 aliphatic heterocycles. The highest BCUT2D eigenvalue weighted by Gasteiger charge is 2.30. The van der Waals surface area contributed by atoms with Crippen molar-refractivity contribution in [2.24, 2.45) is 0 Å². The molecule has 1 N–H and O–H groups in total. The molecule has 1 heterocycles. The van der Waals surface area contributed by atoms with Crippen LogP contribution in [0.15, 0.2) is 42.0 Å². The van der Waals surface area contributed by atoms with E-state index in [1.54, 1.807) is 24.3 Å². The molecule has 2 aromatic carbocycles. The van der Waals surface area contributed by atoms with Crippen LogP contribution in [0.3, 0.4) is 0 Å². The SMILES string of the molecule is CCN1c2cc(C)c(/C=C(\C#N)C(=O)Nc3ccc(Cl)c(Cl)c3)cc2C(C)=CC1(C)C. The summed E-state index contributed by atoms with van der Waals surface area (Å²) in [6.07, 6.45) is 3.88. The Balaban J connectivity index is 1.98. The number of carbonyl (C=O) groups excluding carboxylic acids is 1. The maximum Gasteiger partial charge on any atom is 0.266 e. The number of aryl methyl sites for hydroxylation is 1. The second-order valence-electron chi connectivity index (χ2n) is 8.20. The molecule has 0 spiro atoms. The Morgan fingerprint density at radius 1 is 1.19 bits per heavy atom. The number of halogens is 2. The number of hydrogen-bond donors (Lipinski definition) is 1. The molecular weight excluding hydrogens is 429 g/mol. The zero-order valence-corrected chi connectivity index (χ0v) is 19.8. The number of allylic oxidation sites excluding steroid dienone is 1. The van der Waals surface area contributed by atoms with Gasteiger partial charge in [0.2, 0.25) is 0 Å². The maximum atomic E-state index is 12.7. The molecule has 0 radical (unpaired) electrons. The van der Waals surface area contributed by atoms with Gasteiger partial charge in [-0.1, -0.05) is 29.3 Å². The first-order valence-electron chi connectivity index (χ1n) is 10.1. The van der Waals surface area contributed by atoms with Gasteiger partial charge in [-0.25, -0.2) is 0 Å². The molecule has 0 atom stereocenters. The van der Waals surface area contributed by atoms with Gasteiger partial charge in [0.1, 0.15) is 11.6 Å². The average molecular weight is 454 g/mol. The average Bonchev–Trinajstić information content (AvgIpc) is 2.69. The van der Waals surface area contributed by atoms with Gasteiger partial charge in [-0.2, -0.15) is 5.26 Å². The first-order chi connectivity index (χ1) is 14.6. The Labute approximate surface area is 193 Å². The Hall–Kier alpha value is -2.74. The summed E-state index contributed by atoms with van der Waals surface area (Å²) in [5, 5.41) is 13.1. The van der Waals surface area contributed by atoms with E-state index in [1.807, 2.05) is 13.0 Å². The summed E-state index contributed by atoms with van der Waals surface area (Å²) < 4.78 is 0. The number of anilines is 2. The number of amides is 1. The van der Waals surface area contributed by atoms with Crippen molar-refractivity contribution in [2.45, 2.75) is 40.2 Å². The Morgan fingerprint density at radius 3 is 2.52 bits per heavy atom. The van der Waals surface area contributed by atoms with Crippen LogP contribution in [-0.4, -0.2) is 18.0 Å². The lowest BCUT2D eigenvalue weighted by atomic mass is 9.86. The van der Waals surface area contributed by atoms with Crippen molar-refractivity contribution in [3.05, 3.63) is 68.7 Å². The highest BCUT2D eigenvalue weighted by molar-refractivity contribution is 6.42. The van der Waals surface area contributed by atoms with Gasteiger partial charge in [-0.3, -0.25) is 4.79 Å². The number of nitrogens with one attached hydrogen (secondary N) is 1. The van der Waals surface area contributed by atoms with E-state index in [-0.39, 0.29) is 11.1 Å². The molecule has 0 unspecified atom stereocenters. The van der Waals surface area contributed by atoms with Gasteiger partial charge < -0.3 is 10.2 Å². The second-order valence-corrected chi connectivity index (χ2v) is 9.02. The molecule has 4 nitrogen and oxygen atoms in total. The van der Waals surface area contributed by atoms with E-state index < -0.39 is 5.91 Å². The van der Waals surface area contributed by atoms with E-state index in [9.17, 15) is 10.1 Å². The van der Waals surface area contributed by atoms with Gasteiger partial charge in [0, 0.05) is 23.5 Å². The number of carbonyl (C=O) groups is 1. The number of hydrogen-bond acceptors (Lipinski definition) is 3. The molecule has 0 saturated heterocycles. The third-order valence-electron chi connectivity index (χ3n) is 5.52. The van der Waals surface area contributed by atoms with E-state index in [4.69, 9.17) is 23.2 Å². The monoisotopic (exact) mass is 453 g/mol. The summed E-state index contributed by atoms with van der Waals surface area (Å²) in [6.45, 7) is 11.5. The second kappa shape index (κ2) is 8.78. The fourth-order valence-electron chi connectivity index (χ4n) is 4.05. The van der Waals surface area contributed by atoms with E-state index in [2.05, 4.69) is 56.1 Å². The largest absolute Gasteiger partial charge is 0.363 e. The van der Waals surface area contributed by atoms with Crippen molar-refractivity contribution in [1.82, 2.24) is 0 Å². The third kappa shape index (κ3) is 4.63. The third-order valence-corrected chi connectivity index (χ3v) is 6.26. The van der Waals surface area contributed by atoms with Crippen molar-refractivity contribution in [1.29, 1.82) is 5.26 Å². The first-order valence-corrected chi connectivity index (χ1v) is 10.8. The maximum absolute atomic E-state index is 12.7. The number of nitriles is 1. The predicted molar refractivity (Wildman–Crippen MR) is 131 cm³/mol. The Morgan fingerprint density at radius 2 is 1.90 bits per heavy atom. The minimum atomic E-state index is -0.499. The van der Waals surface area contributed by atoms with Gasteiger partial charge in [0.05, 0.1) is 15.6 Å². The quantitative estimate of drug-likeness (QED) is 0.405. The summed E-state index contributed by atoms with van der Waals surface area (Å²) in [7, 11) is 0. The number of likely N-dealkylation sites (N-methyl/N-ethyl adjacent to an activating group) is 1. The smallest absolute Gasteiger partial charge is 0.266 e. The lowest BCUT2D eigenvalue weighted by molar-refractivity contribution is -0.112. The molecule has 1 aliphatic rings. The molecule has 0 fully saturated rings. The van der Waals surface area contributed by atoms with Crippen LogP contribution in [0.4, 0.5) is 11.4 Å². The van der Waals surface area contributed by atoms with Crippen LogP contribution in [0.2, 0.25) is 10.0 Å². The summed E-state index contributed by atoms with van der Waals surface area (Å²) in [4.78, 5) is 15.1. The first kappa shape index (κ1) is 22.9. The van der Waals surface area contributed by atoms with E-state index >= 15 is 0 Å². The molecule has 2 aromatic rings. The molecule has 0 saturated carbocycles. The van der Waals surface area contributed by atoms with Crippen molar-refractivity contribution >= 4 is 52.1 Å². The van der Waals surface area contributed by atoms with Crippen LogP contribution >= 0.6 is 23.2 Å². The zero-order chi connectivity index (χ0) is 22.9. The number of fused-ring (bicyclic) bond motifs is 1. The highest BCUT2D eigenvalue weighted by atomic mass is 35.5. The minimum Gasteiger partial charge on any atom is -0.363 e. The van der Waals surface area contributed by atoms with Crippen molar-refractivity contribution < 1.29 is 4.79 Å². The number of rotatable bonds is 4. The van der Waals surface area contributed by atoms with Crippen LogP contribution in [0, 0.1) is 18.3 Å². The molecular formula is C25H25Cl2N3O. The molecule has 0 aliphatic carbocycles. The lowest BCUT2D eigenvalue weighted by Gasteiger charge is -2.43. The normalized spacial score (nSPS) is 15.1. The fourth-order valence-corrected chi connectivity index (χ4v) is 4.35. The van der Waals surface area contributed by atoms with Crippen molar-refractivity contribution in [3.8, 4) is 6.07 Å². The molecule has 0 aromatic heterocycles. The highest BCUT2D eigenvalue weighted by Crippen LogP contribution is 2.40. The lowest BCUT2D eigenvalue weighted by Crippen LogP contribution is -2.44. The van der Waals surface area contributed by atoms with Gasteiger partial charge in [0.15, 0.2) is 0 Å². The summed E-state index contributed by atoms with van der Waals surface area (Å²) in [6, 6.07) is 11.0. The summed E-state index contributed by atoms with van der Waals surface area (Å²) in [5.74, 6) is -0.499. The molecule has 31 heavy (non-hydrogen) atoms. The van der Waals surface area contributed by atoms with Gasteiger partial charge in [-0.15, -0.1) is 0 Å². The van der Waals surface area contributed by atoms with Crippen LogP contribution in [0.25, 0.3) is 11.6 Å². The predicted octanol–water partition coefficient (Wildman–Crippen LogP) is 6.87. The van der Waals surface area contributed by atoms with Crippen molar-refractivity contribution in [2.75, 3.05) is 16.8 Å². The van der Waals surface area contributed by atoms with E-state index in [0.717, 1.165) is 23.2 Å². The summed E-state index contributed by atoms with van der Waals surface area (Å²) >= 11 is 11.9.